The highest BCUT2D eigenvalue weighted by molar-refractivity contribution is 5.96. The molecule has 0 bridgehead atoms. The molecule has 0 fully saturated rings. The zero-order valence-electron chi connectivity index (χ0n) is 7.85. The third kappa shape index (κ3) is 1.96. The topological polar surface area (TPSA) is 122 Å². The summed E-state index contributed by atoms with van der Waals surface area (Å²) in [6.07, 6.45) is 0. The predicted molar refractivity (Wildman–Crippen MR) is 52.3 cm³/mol. The first-order valence-electron chi connectivity index (χ1n) is 3.87. The van der Waals surface area contributed by atoms with Gasteiger partial charge in [-0.3, -0.25) is 15.5 Å². The Bertz CT molecular complexity index is 430. The molecule has 0 aliphatic rings. The van der Waals surface area contributed by atoms with E-state index in [9.17, 15) is 15.2 Å². The second-order valence-electron chi connectivity index (χ2n) is 2.72. The summed E-state index contributed by atoms with van der Waals surface area (Å²) in [6.45, 7) is 0. The van der Waals surface area contributed by atoms with Gasteiger partial charge < -0.3 is 15.6 Å². The number of rotatable bonds is 3. The van der Waals surface area contributed by atoms with E-state index in [1.54, 1.807) is 0 Å². The van der Waals surface area contributed by atoms with E-state index in [4.69, 9.17) is 15.9 Å². The Morgan fingerprint density at radius 3 is 2.67 bits per heavy atom. The number of nitrogens with one attached hydrogen (secondary N) is 1. The van der Waals surface area contributed by atoms with Gasteiger partial charge in [0.2, 0.25) is 5.75 Å². The van der Waals surface area contributed by atoms with Crippen LogP contribution in [0.15, 0.2) is 12.1 Å². The maximum Gasteiger partial charge on any atom is 0.315 e. The number of amidine groups is 1. The number of hydrogen-bond acceptors (Lipinski definition) is 5. The van der Waals surface area contributed by atoms with Crippen LogP contribution in [-0.2, 0) is 0 Å². The fraction of sp³-hybridized carbons (Fsp3) is 0.125. The summed E-state index contributed by atoms with van der Waals surface area (Å²) < 4.78 is 4.72. The highest BCUT2D eigenvalue weighted by Crippen LogP contribution is 2.36. The summed E-state index contributed by atoms with van der Waals surface area (Å²) in [4.78, 5) is 9.77. The van der Waals surface area contributed by atoms with Crippen LogP contribution in [0.3, 0.4) is 0 Å². The Morgan fingerprint density at radius 2 is 2.27 bits per heavy atom. The monoisotopic (exact) mass is 211 g/mol. The largest absolute Gasteiger partial charge is 0.500 e. The van der Waals surface area contributed by atoms with Crippen molar-refractivity contribution in [3.05, 3.63) is 27.8 Å². The molecule has 0 saturated heterocycles. The van der Waals surface area contributed by atoms with Gasteiger partial charge >= 0.3 is 5.69 Å². The van der Waals surface area contributed by atoms with Crippen molar-refractivity contribution in [2.45, 2.75) is 0 Å². The van der Waals surface area contributed by atoms with Crippen molar-refractivity contribution in [3.8, 4) is 11.5 Å². The van der Waals surface area contributed by atoms with Crippen LogP contribution in [-0.4, -0.2) is 23.0 Å². The fourth-order valence-corrected chi connectivity index (χ4v) is 1.04. The Kier molecular flexibility index (Phi) is 2.75. The molecule has 7 nitrogen and oxygen atoms in total. The number of methoxy groups -OCH3 is 1. The van der Waals surface area contributed by atoms with E-state index >= 15 is 0 Å². The van der Waals surface area contributed by atoms with Crippen LogP contribution in [0.1, 0.15) is 5.56 Å². The lowest BCUT2D eigenvalue weighted by molar-refractivity contribution is -0.386. The van der Waals surface area contributed by atoms with Gasteiger partial charge in [0, 0.05) is 11.6 Å². The van der Waals surface area contributed by atoms with E-state index in [1.165, 1.54) is 13.2 Å². The number of nitrogen functional groups attached to an aromatic ring is 1. The Balaban J connectivity index is 3.45. The van der Waals surface area contributed by atoms with Gasteiger partial charge in [0.15, 0.2) is 5.75 Å². The first kappa shape index (κ1) is 10.8. The molecule has 80 valence electrons. The molecule has 0 heterocycles. The molecule has 1 aromatic rings. The summed E-state index contributed by atoms with van der Waals surface area (Å²) in [5.41, 5.74) is 4.76. The third-order valence-electron chi connectivity index (χ3n) is 1.78. The minimum Gasteiger partial charge on any atom is -0.500 e. The maximum absolute atomic E-state index is 10.5. The lowest BCUT2D eigenvalue weighted by Gasteiger charge is -2.06. The average molecular weight is 211 g/mol. The summed E-state index contributed by atoms with van der Waals surface area (Å²) in [7, 11) is 1.25. The molecule has 0 amide bonds. The number of nitro groups is 1. The fourth-order valence-electron chi connectivity index (χ4n) is 1.04. The smallest absolute Gasteiger partial charge is 0.315 e. The van der Waals surface area contributed by atoms with Crippen LogP contribution in [0.4, 0.5) is 5.69 Å². The van der Waals surface area contributed by atoms with Gasteiger partial charge in [0.1, 0.15) is 5.84 Å². The number of nitrogens with zero attached hydrogens (tertiary/aromatic N) is 1. The minimum atomic E-state index is -0.774. The average Bonchev–Trinajstić information content (AvgIpc) is 2.17. The van der Waals surface area contributed by atoms with Gasteiger partial charge in [-0.1, -0.05) is 0 Å². The second kappa shape index (κ2) is 3.82. The third-order valence-corrected chi connectivity index (χ3v) is 1.78. The van der Waals surface area contributed by atoms with Crippen LogP contribution in [0.5, 0.6) is 11.5 Å². The van der Waals surface area contributed by atoms with E-state index in [0.717, 1.165) is 6.07 Å². The quantitative estimate of drug-likeness (QED) is 0.292. The maximum atomic E-state index is 10.5. The number of phenols is 1. The van der Waals surface area contributed by atoms with Crippen LogP contribution in [0.25, 0.3) is 0 Å². The van der Waals surface area contributed by atoms with Gasteiger partial charge in [0.05, 0.1) is 12.0 Å². The Morgan fingerprint density at radius 1 is 1.67 bits per heavy atom. The lowest BCUT2D eigenvalue weighted by atomic mass is 10.1. The van der Waals surface area contributed by atoms with Gasteiger partial charge in [-0.15, -0.1) is 0 Å². The SMILES string of the molecule is COc1cc(C(=N)N)cc([N+](=O)[O-])c1O. The molecule has 1 rings (SSSR count). The van der Waals surface area contributed by atoms with Crippen molar-refractivity contribution in [1.29, 1.82) is 5.41 Å². The van der Waals surface area contributed by atoms with Crippen molar-refractivity contribution < 1.29 is 14.8 Å². The van der Waals surface area contributed by atoms with Crippen molar-refractivity contribution in [2.24, 2.45) is 5.73 Å². The highest BCUT2D eigenvalue weighted by atomic mass is 16.6. The van der Waals surface area contributed by atoms with E-state index < -0.39 is 16.4 Å². The van der Waals surface area contributed by atoms with Crippen LogP contribution in [0, 0.1) is 15.5 Å². The molecule has 1 aromatic carbocycles. The molecule has 0 aliphatic carbocycles. The van der Waals surface area contributed by atoms with Crippen molar-refractivity contribution in [2.75, 3.05) is 7.11 Å². The van der Waals surface area contributed by atoms with Crippen LogP contribution in [0.2, 0.25) is 0 Å². The number of phenolic OH excluding ortho intramolecular Hbond substituents is 1. The predicted octanol–water partition coefficient (Wildman–Crippen LogP) is 0.593. The zero-order chi connectivity index (χ0) is 11.6. The molecule has 0 atom stereocenters. The normalized spacial score (nSPS) is 9.67. The van der Waals surface area contributed by atoms with Gasteiger partial charge in [-0.2, -0.15) is 0 Å². The lowest BCUT2D eigenvalue weighted by Crippen LogP contribution is -2.11. The molecule has 0 radical (unpaired) electrons. The molecular weight excluding hydrogens is 202 g/mol. The molecule has 15 heavy (non-hydrogen) atoms. The van der Waals surface area contributed by atoms with Crippen molar-refractivity contribution >= 4 is 11.5 Å². The number of benzene rings is 1. The Labute approximate surface area is 84.7 Å². The van der Waals surface area contributed by atoms with Crippen molar-refractivity contribution in [1.82, 2.24) is 0 Å². The first-order valence-corrected chi connectivity index (χ1v) is 3.87. The van der Waals surface area contributed by atoms with Gasteiger partial charge in [-0.25, -0.2) is 0 Å². The minimum absolute atomic E-state index is 0.0885. The molecule has 0 aromatic heterocycles. The van der Waals surface area contributed by atoms with Gasteiger partial charge in [-0.05, 0) is 6.07 Å². The Hall–Kier alpha value is -2.31. The molecule has 7 heteroatoms. The van der Waals surface area contributed by atoms with Crippen molar-refractivity contribution in [3.63, 3.8) is 0 Å². The molecule has 0 aliphatic heterocycles. The van der Waals surface area contributed by atoms with E-state index in [2.05, 4.69) is 0 Å². The number of hydrogen-bond donors (Lipinski definition) is 3. The molecule has 4 N–H and O–H groups in total. The van der Waals surface area contributed by atoms with Crippen LogP contribution >= 0.6 is 0 Å². The van der Waals surface area contributed by atoms with Gasteiger partial charge in [0.25, 0.3) is 0 Å². The summed E-state index contributed by atoms with van der Waals surface area (Å²) >= 11 is 0. The zero-order valence-corrected chi connectivity index (χ0v) is 7.85. The standard InChI is InChI=1S/C8H9N3O4/c1-15-6-3-4(8(9)10)2-5(7(6)12)11(13)14/h2-3,12H,1H3,(H3,9,10). The number of ether oxygens (including phenoxy) is 1. The summed E-state index contributed by atoms with van der Waals surface area (Å²) in [6, 6.07) is 2.27. The number of nitrogens with two attached hydrogens (primary N) is 1. The highest BCUT2D eigenvalue weighted by Gasteiger charge is 2.20. The summed E-state index contributed by atoms with van der Waals surface area (Å²) in [5, 5.41) is 27.1. The van der Waals surface area contributed by atoms with E-state index in [1.807, 2.05) is 0 Å². The number of nitro benzene ring substituents is 1. The second-order valence-corrected chi connectivity index (χ2v) is 2.72. The van der Waals surface area contributed by atoms with E-state index in [-0.39, 0.29) is 17.1 Å². The molecule has 0 unspecified atom stereocenters. The molecular formula is C8H9N3O4. The summed E-state index contributed by atoms with van der Waals surface area (Å²) in [5.74, 6) is -1.00. The van der Waals surface area contributed by atoms with Crippen LogP contribution < -0.4 is 10.5 Å². The molecule has 0 spiro atoms. The molecule has 0 saturated carbocycles. The van der Waals surface area contributed by atoms with E-state index in [0.29, 0.717) is 0 Å². The number of aromatic hydroxyl groups is 1. The first-order chi connectivity index (χ1) is 6.97.